The summed E-state index contributed by atoms with van der Waals surface area (Å²) in [5.74, 6) is 0. The Labute approximate surface area is 134 Å². The molecule has 0 fully saturated rings. The van der Waals surface area contributed by atoms with Crippen LogP contribution in [0.4, 0.5) is 11.4 Å². The number of aliphatic imine (C=N–C) groups is 1. The second-order valence-corrected chi connectivity index (χ2v) is 5.42. The molecule has 2 N–H and O–H groups in total. The first kappa shape index (κ1) is 14.4. The molecule has 108 valence electrons. The lowest BCUT2D eigenvalue weighted by atomic mass is 10.1. The van der Waals surface area contributed by atoms with Gasteiger partial charge in [-0.15, -0.1) is 0 Å². The maximum Gasteiger partial charge on any atom is 0.0630 e. The summed E-state index contributed by atoms with van der Waals surface area (Å²) in [5.41, 5.74) is 10.7. The van der Waals surface area contributed by atoms with Crippen LogP contribution >= 0.6 is 11.6 Å². The first-order chi connectivity index (χ1) is 10.7. The van der Waals surface area contributed by atoms with Crippen molar-refractivity contribution in [2.75, 3.05) is 5.73 Å². The minimum Gasteiger partial charge on any atom is -0.399 e. The highest BCUT2D eigenvalue weighted by Gasteiger charge is 1.97. The van der Waals surface area contributed by atoms with Gasteiger partial charge < -0.3 is 5.73 Å². The number of nitrogens with zero attached hydrogens (tertiary/aromatic N) is 1. The van der Waals surface area contributed by atoms with Crippen molar-refractivity contribution in [1.82, 2.24) is 0 Å². The van der Waals surface area contributed by atoms with Crippen LogP contribution in [-0.4, -0.2) is 6.21 Å². The molecule has 0 spiro atoms. The summed E-state index contributed by atoms with van der Waals surface area (Å²) in [6.45, 7) is 0. The molecule has 0 saturated carbocycles. The number of benzene rings is 3. The molecule has 3 aromatic carbocycles. The molecule has 0 aliphatic carbocycles. The Bertz CT molecular complexity index is 773. The third-order valence-electron chi connectivity index (χ3n) is 3.34. The third kappa shape index (κ3) is 3.54. The molecule has 0 atom stereocenters. The fourth-order valence-corrected chi connectivity index (χ4v) is 2.24. The maximum absolute atomic E-state index is 5.86. The first-order valence-electron chi connectivity index (χ1n) is 6.96. The van der Waals surface area contributed by atoms with Gasteiger partial charge in [0.1, 0.15) is 0 Å². The van der Waals surface area contributed by atoms with Gasteiger partial charge in [0.05, 0.1) is 5.69 Å². The SMILES string of the molecule is Nc1ccc(-c2ccc(N=Cc3ccc(Cl)cc3)cc2)cc1. The Morgan fingerprint density at radius 2 is 1.27 bits per heavy atom. The van der Waals surface area contributed by atoms with Gasteiger partial charge in [-0.3, -0.25) is 4.99 Å². The van der Waals surface area contributed by atoms with Gasteiger partial charge in [-0.2, -0.15) is 0 Å². The molecule has 0 aliphatic rings. The quantitative estimate of drug-likeness (QED) is 0.515. The van der Waals surface area contributed by atoms with E-state index in [0.717, 1.165) is 33.1 Å². The van der Waals surface area contributed by atoms with Crippen LogP contribution in [0.2, 0.25) is 5.02 Å². The highest BCUT2D eigenvalue weighted by Crippen LogP contribution is 2.23. The minimum absolute atomic E-state index is 0.727. The van der Waals surface area contributed by atoms with Crippen LogP contribution in [0.15, 0.2) is 77.8 Å². The Morgan fingerprint density at radius 3 is 1.86 bits per heavy atom. The predicted octanol–water partition coefficient (Wildman–Crippen LogP) is 5.34. The lowest BCUT2D eigenvalue weighted by molar-refractivity contribution is 1.52. The van der Waals surface area contributed by atoms with E-state index < -0.39 is 0 Å². The van der Waals surface area contributed by atoms with Gasteiger partial charge in [-0.05, 0) is 53.1 Å². The zero-order chi connectivity index (χ0) is 15.4. The van der Waals surface area contributed by atoms with Crippen LogP contribution in [0.3, 0.4) is 0 Å². The Morgan fingerprint density at radius 1 is 0.727 bits per heavy atom. The maximum atomic E-state index is 5.86. The summed E-state index contributed by atoms with van der Waals surface area (Å²) < 4.78 is 0. The average molecular weight is 307 g/mol. The molecule has 0 aliphatic heterocycles. The van der Waals surface area contributed by atoms with Crippen LogP contribution in [0, 0.1) is 0 Å². The molecule has 3 rings (SSSR count). The zero-order valence-electron chi connectivity index (χ0n) is 11.9. The molecule has 22 heavy (non-hydrogen) atoms. The molecule has 0 saturated heterocycles. The van der Waals surface area contributed by atoms with E-state index >= 15 is 0 Å². The number of rotatable bonds is 3. The van der Waals surface area contributed by atoms with E-state index in [1.54, 1.807) is 0 Å². The molecule has 0 aromatic heterocycles. The number of hydrogen-bond donors (Lipinski definition) is 1. The van der Waals surface area contributed by atoms with Gasteiger partial charge in [0, 0.05) is 16.9 Å². The van der Waals surface area contributed by atoms with Crippen molar-refractivity contribution in [3.8, 4) is 11.1 Å². The normalized spacial score (nSPS) is 11.0. The van der Waals surface area contributed by atoms with Crippen molar-refractivity contribution in [2.45, 2.75) is 0 Å². The lowest BCUT2D eigenvalue weighted by Crippen LogP contribution is -1.83. The summed E-state index contributed by atoms with van der Waals surface area (Å²) in [6, 6.07) is 23.5. The molecule has 0 bridgehead atoms. The highest BCUT2D eigenvalue weighted by molar-refractivity contribution is 6.30. The second kappa shape index (κ2) is 6.46. The molecule has 3 aromatic rings. The summed E-state index contributed by atoms with van der Waals surface area (Å²) in [7, 11) is 0. The highest BCUT2D eigenvalue weighted by atomic mass is 35.5. The number of hydrogen-bond acceptors (Lipinski definition) is 2. The summed E-state index contributed by atoms with van der Waals surface area (Å²) >= 11 is 5.86. The van der Waals surface area contributed by atoms with E-state index in [2.05, 4.69) is 17.1 Å². The molecule has 0 unspecified atom stereocenters. The van der Waals surface area contributed by atoms with Crippen molar-refractivity contribution in [1.29, 1.82) is 0 Å². The fraction of sp³-hybridized carbons (Fsp3) is 0. The van der Waals surface area contributed by atoms with E-state index in [4.69, 9.17) is 17.3 Å². The lowest BCUT2D eigenvalue weighted by Gasteiger charge is -2.02. The van der Waals surface area contributed by atoms with Crippen LogP contribution in [0.25, 0.3) is 11.1 Å². The average Bonchev–Trinajstić information content (AvgIpc) is 2.56. The summed E-state index contributed by atoms with van der Waals surface area (Å²) in [6.07, 6.45) is 1.83. The van der Waals surface area contributed by atoms with Gasteiger partial charge in [0.15, 0.2) is 0 Å². The van der Waals surface area contributed by atoms with E-state index in [0.29, 0.717) is 0 Å². The largest absolute Gasteiger partial charge is 0.399 e. The van der Waals surface area contributed by atoms with Crippen LogP contribution in [0.5, 0.6) is 0 Å². The van der Waals surface area contributed by atoms with Gasteiger partial charge in [-0.1, -0.05) is 48.0 Å². The summed E-state index contributed by atoms with van der Waals surface area (Å²) in [5, 5.41) is 0.727. The monoisotopic (exact) mass is 306 g/mol. The smallest absolute Gasteiger partial charge is 0.0630 e. The predicted molar refractivity (Wildman–Crippen MR) is 95.0 cm³/mol. The number of anilines is 1. The Balaban J connectivity index is 1.76. The number of nitrogens with two attached hydrogens (primary N) is 1. The molecule has 0 heterocycles. The van der Waals surface area contributed by atoms with Gasteiger partial charge >= 0.3 is 0 Å². The third-order valence-corrected chi connectivity index (χ3v) is 3.60. The van der Waals surface area contributed by atoms with Crippen LogP contribution in [-0.2, 0) is 0 Å². The van der Waals surface area contributed by atoms with Crippen LogP contribution in [0.1, 0.15) is 5.56 Å². The van der Waals surface area contributed by atoms with E-state index in [1.807, 2.05) is 66.9 Å². The van der Waals surface area contributed by atoms with E-state index in [-0.39, 0.29) is 0 Å². The molecule has 0 radical (unpaired) electrons. The minimum atomic E-state index is 0.727. The van der Waals surface area contributed by atoms with Crippen LogP contribution < -0.4 is 5.73 Å². The Kier molecular flexibility index (Phi) is 4.22. The van der Waals surface area contributed by atoms with Gasteiger partial charge in [-0.25, -0.2) is 0 Å². The molecule has 3 heteroatoms. The van der Waals surface area contributed by atoms with E-state index in [9.17, 15) is 0 Å². The number of nitrogen functional groups attached to an aromatic ring is 1. The first-order valence-corrected chi connectivity index (χ1v) is 7.34. The Hall–Kier alpha value is -2.58. The molecular weight excluding hydrogens is 292 g/mol. The van der Waals surface area contributed by atoms with Crippen molar-refractivity contribution in [2.24, 2.45) is 4.99 Å². The zero-order valence-corrected chi connectivity index (χ0v) is 12.7. The van der Waals surface area contributed by atoms with Gasteiger partial charge in [0.25, 0.3) is 0 Å². The number of halogens is 1. The summed E-state index contributed by atoms with van der Waals surface area (Å²) in [4.78, 5) is 4.47. The fourth-order valence-electron chi connectivity index (χ4n) is 2.11. The van der Waals surface area contributed by atoms with Crippen molar-refractivity contribution in [3.05, 3.63) is 83.4 Å². The van der Waals surface area contributed by atoms with Gasteiger partial charge in [0.2, 0.25) is 0 Å². The topological polar surface area (TPSA) is 38.4 Å². The van der Waals surface area contributed by atoms with E-state index in [1.165, 1.54) is 0 Å². The van der Waals surface area contributed by atoms with Crippen molar-refractivity contribution >= 4 is 29.2 Å². The van der Waals surface area contributed by atoms with Crippen molar-refractivity contribution < 1.29 is 0 Å². The molecule has 0 amide bonds. The standard InChI is InChI=1S/C19H15ClN2/c20-17-7-1-14(2-8-17)13-22-19-11-5-16(6-12-19)15-3-9-18(21)10-4-15/h1-13H,21H2. The second-order valence-electron chi connectivity index (χ2n) is 4.98. The molecule has 2 nitrogen and oxygen atoms in total. The molecular formula is C19H15ClN2. The van der Waals surface area contributed by atoms with Crippen molar-refractivity contribution in [3.63, 3.8) is 0 Å².